The van der Waals surface area contributed by atoms with Crippen molar-refractivity contribution in [1.82, 2.24) is 4.90 Å². The lowest BCUT2D eigenvalue weighted by Crippen LogP contribution is -2.45. The predicted molar refractivity (Wildman–Crippen MR) is 72.4 cm³/mol. The van der Waals surface area contributed by atoms with E-state index in [9.17, 15) is 31.1 Å². The number of alkyl halides is 6. The van der Waals surface area contributed by atoms with Gasteiger partial charge in [0.1, 0.15) is 0 Å². The first kappa shape index (κ1) is 18.6. The van der Waals surface area contributed by atoms with Crippen LogP contribution in [0.1, 0.15) is 34.8 Å². The monoisotopic (exact) mass is 355 g/mol. The number of rotatable bonds is 2. The normalized spacial score (nSPS) is 19.5. The number of nitrogens with zero attached hydrogens (tertiary/aromatic N) is 1. The minimum Gasteiger partial charge on any atom is -0.375 e. The molecule has 1 saturated heterocycles. The maximum Gasteiger partial charge on any atom is 0.416 e. The Morgan fingerprint density at radius 1 is 1.12 bits per heavy atom. The summed E-state index contributed by atoms with van der Waals surface area (Å²) in [6.07, 6.45) is -9.66. The standard InChI is InChI=1S/C15H15F6NO2/c1-2-12-8-22(3-4-24-12)13(23)9-5-10(14(16,17)18)7-11(6-9)15(19,20)21/h5-7,12H,2-4,8H2,1H3/t12-/m1/s1. The van der Waals surface area contributed by atoms with Gasteiger partial charge in [-0.25, -0.2) is 0 Å². The molecule has 3 nitrogen and oxygen atoms in total. The zero-order valence-electron chi connectivity index (χ0n) is 12.7. The number of halogens is 6. The summed E-state index contributed by atoms with van der Waals surface area (Å²) in [5.41, 5.74) is -3.63. The van der Waals surface area contributed by atoms with Gasteiger partial charge in [-0.15, -0.1) is 0 Å². The summed E-state index contributed by atoms with van der Waals surface area (Å²) in [5, 5.41) is 0. The van der Waals surface area contributed by atoms with Gasteiger partial charge in [0.25, 0.3) is 5.91 Å². The van der Waals surface area contributed by atoms with Gasteiger partial charge in [0.15, 0.2) is 0 Å². The summed E-state index contributed by atoms with van der Waals surface area (Å²) in [5.74, 6) is -0.867. The van der Waals surface area contributed by atoms with Crippen molar-refractivity contribution in [3.63, 3.8) is 0 Å². The van der Waals surface area contributed by atoms with E-state index in [0.29, 0.717) is 18.6 Å². The largest absolute Gasteiger partial charge is 0.416 e. The first-order chi connectivity index (χ1) is 11.0. The summed E-state index contributed by atoms with van der Waals surface area (Å²) >= 11 is 0. The zero-order valence-corrected chi connectivity index (χ0v) is 12.7. The Kier molecular flexibility index (Phi) is 5.12. The van der Waals surface area contributed by atoms with Gasteiger partial charge in [-0.1, -0.05) is 6.92 Å². The maximum atomic E-state index is 12.8. The molecule has 0 bridgehead atoms. The van der Waals surface area contributed by atoms with Crippen molar-refractivity contribution in [3.8, 4) is 0 Å². The quantitative estimate of drug-likeness (QED) is 0.751. The molecular formula is C15H15F6NO2. The molecule has 1 aliphatic heterocycles. The third kappa shape index (κ3) is 4.19. The lowest BCUT2D eigenvalue weighted by atomic mass is 10.0. The van der Waals surface area contributed by atoms with Crippen LogP contribution >= 0.6 is 0 Å². The molecule has 0 unspecified atom stereocenters. The highest BCUT2D eigenvalue weighted by molar-refractivity contribution is 5.94. The van der Waals surface area contributed by atoms with Gasteiger partial charge in [0.05, 0.1) is 23.8 Å². The highest BCUT2D eigenvalue weighted by Gasteiger charge is 2.38. The first-order valence-corrected chi connectivity index (χ1v) is 7.22. The number of hydrogen-bond donors (Lipinski definition) is 0. The van der Waals surface area contributed by atoms with Crippen molar-refractivity contribution in [2.24, 2.45) is 0 Å². The molecule has 0 aliphatic carbocycles. The van der Waals surface area contributed by atoms with Crippen LogP contribution in [0.2, 0.25) is 0 Å². The van der Waals surface area contributed by atoms with Crippen LogP contribution in [-0.4, -0.2) is 36.6 Å². The minimum atomic E-state index is -4.98. The van der Waals surface area contributed by atoms with Crippen LogP contribution in [0.3, 0.4) is 0 Å². The molecule has 0 spiro atoms. The molecule has 0 N–H and O–H groups in total. The second kappa shape index (κ2) is 6.62. The molecule has 0 aromatic heterocycles. The van der Waals surface area contributed by atoms with Crippen molar-refractivity contribution in [3.05, 3.63) is 34.9 Å². The molecule has 134 valence electrons. The van der Waals surface area contributed by atoms with Gasteiger partial charge in [-0.3, -0.25) is 4.79 Å². The van der Waals surface area contributed by atoms with E-state index in [0.717, 1.165) is 0 Å². The number of amides is 1. The van der Waals surface area contributed by atoms with E-state index in [1.54, 1.807) is 0 Å². The number of morpholine rings is 1. The maximum absolute atomic E-state index is 12.8. The Labute approximate surface area is 134 Å². The molecule has 24 heavy (non-hydrogen) atoms. The number of carbonyl (C=O) groups is 1. The van der Waals surface area contributed by atoms with Crippen molar-refractivity contribution in [1.29, 1.82) is 0 Å². The van der Waals surface area contributed by atoms with Gasteiger partial charge in [0.2, 0.25) is 0 Å². The van der Waals surface area contributed by atoms with E-state index in [1.165, 1.54) is 4.90 Å². The van der Waals surface area contributed by atoms with Gasteiger partial charge in [-0.2, -0.15) is 26.3 Å². The highest BCUT2D eigenvalue weighted by atomic mass is 19.4. The topological polar surface area (TPSA) is 29.5 Å². The molecule has 1 fully saturated rings. The van der Waals surface area contributed by atoms with Gasteiger partial charge >= 0.3 is 12.4 Å². The fourth-order valence-electron chi connectivity index (χ4n) is 2.41. The van der Waals surface area contributed by atoms with E-state index in [-0.39, 0.29) is 31.9 Å². The van der Waals surface area contributed by atoms with Gasteiger partial charge in [-0.05, 0) is 24.6 Å². The SMILES string of the molecule is CC[C@@H]1CN(C(=O)c2cc(C(F)(F)F)cc(C(F)(F)F)c2)CCO1. The fourth-order valence-corrected chi connectivity index (χ4v) is 2.41. The summed E-state index contributed by atoms with van der Waals surface area (Å²) in [6, 6.07) is 0.910. The summed E-state index contributed by atoms with van der Waals surface area (Å²) in [7, 11) is 0. The summed E-state index contributed by atoms with van der Waals surface area (Å²) in [4.78, 5) is 13.6. The third-order valence-corrected chi connectivity index (χ3v) is 3.72. The van der Waals surface area contributed by atoms with E-state index < -0.39 is 35.0 Å². The molecule has 2 rings (SSSR count). The molecule has 1 aromatic carbocycles. The first-order valence-electron chi connectivity index (χ1n) is 7.22. The molecule has 1 aliphatic rings. The zero-order chi connectivity index (χ0) is 18.1. The number of carbonyl (C=O) groups excluding carboxylic acids is 1. The van der Waals surface area contributed by atoms with E-state index in [2.05, 4.69) is 0 Å². The molecule has 1 aromatic rings. The fraction of sp³-hybridized carbons (Fsp3) is 0.533. The van der Waals surface area contributed by atoms with Crippen LogP contribution in [-0.2, 0) is 17.1 Å². The smallest absolute Gasteiger partial charge is 0.375 e. The second-order valence-electron chi connectivity index (χ2n) is 5.45. The lowest BCUT2D eigenvalue weighted by molar-refractivity contribution is -0.143. The van der Waals surface area contributed by atoms with Crippen LogP contribution in [0, 0.1) is 0 Å². The molecule has 1 amide bonds. The van der Waals surface area contributed by atoms with E-state index in [1.807, 2.05) is 6.92 Å². The van der Waals surface area contributed by atoms with Crippen molar-refractivity contribution in [2.45, 2.75) is 31.8 Å². The van der Waals surface area contributed by atoms with Crippen molar-refractivity contribution < 1.29 is 35.9 Å². The minimum absolute atomic E-state index is 0.00490. The van der Waals surface area contributed by atoms with Crippen molar-refractivity contribution in [2.75, 3.05) is 19.7 Å². The molecular weight excluding hydrogens is 340 g/mol. The number of benzene rings is 1. The highest BCUT2D eigenvalue weighted by Crippen LogP contribution is 2.36. The molecule has 1 atom stereocenters. The Morgan fingerprint density at radius 2 is 1.67 bits per heavy atom. The van der Waals surface area contributed by atoms with Gasteiger partial charge in [0, 0.05) is 18.7 Å². The van der Waals surface area contributed by atoms with E-state index in [4.69, 9.17) is 4.74 Å². The van der Waals surface area contributed by atoms with Crippen LogP contribution < -0.4 is 0 Å². The number of hydrogen-bond acceptors (Lipinski definition) is 2. The van der Waals surface area contributed by atoms with Crippen LogP contribution in [0.4, 0.5) is 26.3 Å². The molecule has 1 heterocycles. The van der Waals surface area contributed by atoms with Crippen LogP contribution in [0.5, 0.6) is 0 Å². The van der Waals surface area contributed by atoms with Gasteiger partial charge < -0.3 is 9.64 Å². The Balaban J connectivity index is 2.39. The summed E-state index contributed by atoms with van der Waals surface area (Å²) < 4.78 is 82.4. The third-order valence-electron chi connectivity index (χ3n) is 3.72. The summed E-state index contributed by atoms with van der Waals surface area (Å²) in [6.45, 7) is 2.25. The predicted octanol–water partition coefficient (Wildman–Crippen LogP) is 3.98. The Hall–Kier alpha value is -1.77. The van der Waals surface area contributed by atoms with Crippen LogP contribution in [0.25, 0.3) is 0 Å². The average molecular weight is 355 g/mol. The van der Waals surface area contributed by atoms with Crippen molar-refractivity contribution >= 4 is 5.91 Å². The average Bonchev–Trinajstić information content (AvgIpc) is 2.52. The molecule has 9 heteroatoms. The number of ether oxygens (including phenoxy) is 1. The Morgan fingerprint density at radius 3 is 2.12 bits per heavy atom. The Bertz CT molecular complexity index is 579. The second-order valence-corrected chi connectivity index (χ2v) is 5.45. The van der Waals surface area contributed by atoms with E-state index >= 15 is 0 Å². The lowest BCUT2D eigenvalue weighted by Gasteiger charge is -2.32. The van der Waals surface area contributed by atoms with Crippen LogP contribution in [0.15, 0.2) is 18.2 Å². The molecule has 0 saturated carbocycles. The molecule has 0 radical (unpaired) electrons.